The van der Waals surface area contributed by atoms with E-state index in [0.717, 1.165) is 47.8 Å². The van der Waals surface area contributed by atoms with Gasteiger partial charge in [0, 0.05) is 28.9 Å². The van der Waals surface area contributed by atoms with Crippen LogP contribution in [0.1, 0.15) is 24.0 Å². The summed E-state index contributed by atoms with van der Waals surface area (Å²) in [6.45, 7) is 5.81. The van der Waals surface area contributed by atoms with Gasteiger partial charge in [-0.25, -0.2) is 0 Å². The number of phenolic OH excluding ortho intramolecular Hbond substituents is 1. The van der Waals surface area contributed by atoms with Crippen LogP contribution in [-0.4, -0.2) is 51.8 Å². The number of benzene rings is 2. The third-order valence-electron chi connectivity index (χ3n) is 5.61. The van der Waals surface area contributed by atoms with Crippen LogP contribution in [0.25, 0.3) is 22.0 Å². The highest BCUT2D eigenvalue weighted by Gasteiger charge is 2.23. The lowest BCUT2D eigenvalue weighted by Crippen LogP contribution is -2.45. The van der Waals surface area contributed by atoms with Gasteiger partial charge in [-0.1, -0.05) is 30.3 Å². The summed E-state index contributed by atoms with van der Waals surface area (Å²) >= 11 is 0. The highest BCUT2D eigenvalue weighted by atomic mass is 16.3. The number of aromatic hydroxyl groups is 1. The summed E-state index contributed by atoms with van der Waals surface area (Å²) in [6.07, 6.45) is 1.98. The molecule has 7 heteroatoms. The predicted molar refractivity (Wildman–Crippen MR) is 118 cm³/mol. The van der Waals surface area contributed by atoms with Gasteiger partial charge in [-0.15, -0.1) is 10.2 Å². The Bertz CT molecular complexity index is 1080. The molecule has 1 fully saturated rings. The van der Waals surface area contributed by atoms with Crippen molar-refractivity contribution in [2.24, 2.45) is 5.73 Å². The second-order valence-electron chi connectivity index (χ2n) is 8.10. The Morgan fingerprint density at radius 2 is 2.00 bits per heavy atom. The van der Waals surface area contributed by atoms with Gasteiger partial charge in [0.25, 0.3) is 0 Å². The molecule has 2 heterocycles. The number of aryl methyl sites for hydroxylation is 2. The molecule has 156 valence electrons. The lowest BCUT2D eigenvalue weighted by molar-refractivity contribution is -0.119. The molecule has 1 atom stereocenters. The van der Waals surface area contributed by atoms with Gasteiger partial charge >= 0.3 is 0 Å². The maximum absolute atomic E-state index is 11.3. The largest absolute Gasteiger partial charge is 0.507 e. The van der Waals surface area contributed by atoms with Crippen molar-refractivity contribution in [3.05, 3.63) is 47.5 Å². The normalized spacial score (nSPS) is 17.2. The zero-order valence-electron chi connectivity index (χ0n) is 17.4. The number of piperidine rings is 1. The predicted octanol–water partition coefficient (Wildman–Crippen LogP) is 2.98. The number of carbonyl (C=O) groups is 1. The minimum atomic E-state index is -0.307. The molecular weight excluding hydrogens is 378 g/mol. The van der Waals surface area contributed by atoms with E-state index in [1.807, 2.05) is 44.2 Å². The number of hydrogen-bond donors (Lipinski definition) is 3. The molecule has 0 radical (unpaired) electrons. The van der Waals surface area contributed by atoms with Gasteiger partial charge in [-0.05, 0) is 50.4 Å². The second kappa shape index (κ2) is 8.28. The molecule has 7 nitrogen and oxygen atoms in total. The maximum Gasteiger partial charge on any atom is 0.231 e. The van der Waals surface area contributed by atoms with E-state index >= 15 is 0 Å². The third kappa shape index (κ3) is 4.07. The Morgan fingerprint density at radius 1 is 1.23 bits per heavy atom. The summed E-state index contributed by atoms with van der Waals surface area (Å²) in [7, 11) is 0. The van der Waals surface area contributed by atoms with E-state index in [4.69, 9.17) is 5.73 Å². The van der Waals surface area contributed by atoms with Crippen LogP contribution < -0.4 is 11.1 Å². The number of fused-ring (bicyclic) bond motifs is 1. The molecule has 1 unspecified atom stereocenters. The van der Waals surface area contributed by atoms with Crippen molar-refractivity contribution < 1.29 is 9.90 Å². The fourth-order valence-electron chi connectivity index (χ4n) is 4.38. The first-order valence-electron chi connectivity index (χ1n) is 10.3. The summed E-state index contributed by atoms with van der Waals surface area (Å²) in [5.74, 6) is 0.616. The van der Waals surface area contributed by atoms with Crippen LogP contribution in [0, 0.1) is 13.8 Å². The zero-order valence-corrected chi connectivity index (χ0v) is 17.4. The molecule has 4 rings (SSSR count). The van der Waals surface area contributed by atoms with Gasteiger partial charge < -0.3 is 16.2 Å². The Kier molecular flexibility index (Phi) is 5.55. The van der Waals surface area contributed by atoms with Crippen LogP contribution in [0.2, 0.25) is 0 Å². The molecule has 0 spiro atoms. The number of anilines is 1. The summed E-state index contributed by atoms with van der Waals surface area (Å²) in [5, 5.41) is 25.0. The van der Waals surface area contributed by atoms with E-state index < -0.39 is 0 Å². The lowest BCUT2D eigenvalue weighted by atomic mass is 9.97. The number of phenols is 1. The number of likely N-dealkylation sites (tertiary alicyclic amines) is 1. The highest BCUT2D eigenvalue weighted by molar-refractivity contribution is 6.01. The number of nitrogens with two attached hydrogens (primary N) is 1. The van der Waals surface area contributed by atoms with Gasteiger partial charge in [0.2, 0.25) is 5.91 Å². The van der Waals surface area contributed by atoms with Crippen molar-refractivity contribution >= 4 is 22.5 Å². The standard InChI is InChI=1S/C23H27N5O2/c1-14-10-15(2)21(19(29)11-14)22-17-7-3-4-8-18(17)23(27-26-22)25-16-6-5-9-28(12-16)13-20(24)30/h3-4,7-8,10-11,16,29H,5-6,9,12-13H2,1-2H3,(H2,24,30)(H,25,27). The van der Waals surface area contributed by atoms with Gasteiger partial charge in [-0.2, -0.15) is 0 Å². The monoisotopic (exact) mass is 405 g/mol. The van der Waals surface area contributed by atoms with Crippen molar-refractivity contribution in [1.29, 1.82) is 0 Å². The molecule has 0 bridgehead atoms. The van der Waals surface area contributed by atoms with Crippen molar-refractivity contribution in [2.75, 3.05) is 25.0 Å². The summed E-state index contributed by atoms with van der Waals surface area (Å²) < 4.78 is 0. The van der Waals surface area contributed by atoms with Crippen LogP contribution in [0.3, 0.4) is 0 Å². The molecular formula is C23H27N5O2. The van der Waals surface area contributed by atoms with Crippen molar-refractivity contribution in [3.8, 4) is 17.0 Å². The van der Waals surface area contributed by atoms with Gasteiger partial charge in [0.05, 0.1) is 6.54 Å². The molecule has 4 N–H and O–H groups in total. The van der Waals surface area contributed by atoms with Crippen LogP contribution in [0.15, 0.2) is 36.4 Å². The molecule has 1 aliphatic rings. The van der Waals surface area contributed by atoms with E-state index in [9.17, 15) is 9.90 Å². The molecule has 1 aliphatic heterocycles. The SMILES string of the molecule is Cc1cc(C)c(-c2nnc(NC3CCCN(CC(N)=O)C3)c3ccccc23)c(O)c1. The van der Waals surface area contributed by atoms with E-state index in [1.165, 1.54) is 0 Å². The first-order valence-corrected chi connectivity index (χ1v) is 10.3. The molecule has 2 aromatic carbocycles. The third-order valence-corrected chi connectivity index (χ3v) is 5.61. The zero-order chi connectivity index (χ0) is 21.3. The van der Waals surface area contributed by atoms with Gasteiger partial charge in [0.15, 0.2) is 5.82 Å². The number of hydrogen-bond acceptors (Lipinski definition) is 6. The summed E-state index contributed by atoms with van der Waals surface area (Å²) in [6, 6.07) is 11.9. The van der Waals surface area contributed by atoms with E-state index in [0.29, 0.717) is 17.1 Å². The molecule has 1 saturated heterocycles. The molecule has 1 aromatic heterocycles. The van der Waals surface area contributed by atoms with Crippen LogP contribution >= 0.6 is 0 Å². The van der Waals surface area contributed by atoms with Crippen molar-refractivity contribution in [1.82, 2.24) is 15.1 Å². The number of nitrogens with one attached hydrogen (secondary N) is 1. The lowest BCUT2D eigenvalue weighted by Gasteiger charge is -2.32. The first-order chi connectivity index (χ1) is 14.4. The Morgan fingerprint density at radius 3 is 2.73 bits per heavy atom. The van der Waals surface area contributed by atoms with Gasteiger partial charge in [0.1, 0.15) is 11.4 Å². The Balaban J connectivity index is 1.69. The van der Waals surface area contributed by atoms with Crippen LogP contribution in [-0.2, 0) is 4.79 Å². The maximum atomic E-state index is 11.3. The number of primary amides is 1. The number of aromatic nitrogens is 2. The second-order valence-corrected chi connectivity index (χ2v) is 8.10. The average Bonchev–Trinajstić information content (AvgIpc) is 2.68. The van der Waals surface area contributed by atoms with Crippen molar-refractivity contribution in [2.45, 2.75) is 32.7 Å². The van der Waals surface area contributed by atoms with E-state index in [-0.39, 0.29) is 24.2 Å². The fraction of sp³-hybridized carbons (Fsp3) is 0.348. The smallest absolute Gasteiger partial charge is 0.231 e. The fourth-order valence-corrected chi connectivity index (χ4v) is 4.38. The van der Waals surface area contributed by atoms with E-state index in [1.54, 1.807) is 6.07 Å². The topological polar surface area (TPSA) is 104 Å². The average molecular weight is 406 g/mol. The molecule has 30 heavy (non-hydrogen) atoms. The summed E-state index contributed by atoms with van der Waals surface area (Å²) in [4.78, 5) is 13.3. The molecule has 1 amide bonds. The van der Waals surface area contributed by atoms with Crippen LogP contribution in [0.4, 0.5) is 5.82 Å². The molecule has 3 aromatic rings. The summed E-state index contributed by atoms with van der Waals surface area (Å²) in [5.41, 5.74) is 8.70. The highest BCUT2D eigenvalue weighted by Crippen LogP contribution is 2.37. The number of rotatable bonds is 5. The minimum Gasteiger partial charge on any atom is -0.507 e. The van der Waals surface area contributed by atoms with Crippen molar-refractivity contribution in [3.63, 3.8) is 0 Å². The quantitative estimate of drug-likeness (QED) is 0.603. The number of carbonyl (C=O) groups excluding carboxylic acids is 1. The number of amides is 1. The van der Waals surface area contributed by atoms with Crippen LogP contribution in [0.5, 0.6) is 5.75 Å². The molecule has 0 saturated carbocycles. The van der Waals surface area contributed by atoms with E-state index in [2.05, 4.69) is 20.4 Å². The van der Waals surface area contributed by atoms with Gasteiger partial charge in [-0.3, -0.25) is 9.69 Å². The first kappa shape index (κ1) is 20.1. The Labute approximate surface area is 175 Å². The molecule has 0 aliphatic carbocycles. The minimum absolute atomic E-state index is 0.163. The Hall–Kier alpha value is -3.19. The number of nitrogens with zero attached hydrogens (tertiary/aromatic N) is 3.